The van der Waals surface area contributed by atoms with Gasteiger partial charge in [-0.3, -0.25) is 9.11 Å². The molecule has 2 N–H and O–H groups in total. The summed E-state index contributed by atoms with van der Waals surface area (Å²) in [6.45, 7) is 0. The quantitative estimate of drug-likeness (QED) is 0.425. The maximum absolute atomic E-state index is 8.74. The minimum atomic E-state index is -4.67. The Kier molecular flexibility index (Phi) is 5.50. The molecule has 0 radical (unpaired) electrons. The first-order chi connectivity index (χ1) is 3.73. The fourth-order valence-corrected chi connectivity index (χ4v) is 0. The molecule has 0 unspecified atom stereocenters. The Morgan fingerprint density at radius 1 is 1.00 bits per heavy atom. The molecule has 9 heteroatoms. The Balaban J connectivity index is 0. The molecule has 0 rings (SSSR count). The van der Waals surface area contributed by atoms with Gasteiger partial charge in [0.1, 0.15) is 0 Å². The minimum absolute atomic E-state index is 3.11. The molecule has 0 saturated heterocycles. The van der Waals surface area contributed by atoms with Crippen LogP contribution in [-0.4, -0.2) is 30.1 Å². The first-order valence-electron chi connectivity index (χ1n) is 1.20. The Labute approximate surface area is 52.0 Å². The first-order valence-corrected chi connectivity index (χ1v) is 3.60. The van der Waals surface area contributed by atoms with E-state index in [-0.39, 0.29) is 0 Å². The zero-order chi connectivity index (χ0) is 8.08. The van der Waals surface area contributed by atoms with Crippen LogP contribution in [0.3, 0.4) is 0 Å². The van der Waals surface area contributed by atoms with Crippen LogP contribution in [0.5, 0.6) is 0 Å². The molecule has 56 valence electrons. The number of hydrogen-bond donors (Lipinski definition) is 2. The molecule has 0 bridgehead atoms. The van der Waals surface area contributed by atoms with Gasteiger partial charge in [0.2, 0.25) is 0 Å². The number of hydrogen-bond acceptors (Lipinski definition) is 5. The van der Waals surface area contributed by atoms with Crippen LogP contribution in [0, 0.1) is 0 Å². The molecule has 0 aliphatic heterocycles. The summed E-state index contributed by atoms with van der Waals surface area (Å²) in [5.41, 5.74) is 0. The lowest BCUT2D eigenvalue weighted by Crippen LogP contribution is -1.89. The van der Waals surface area contributed by atoms with E-state index < -0.39 is 21.0 Å². The highest BCUT2D eigenvalue weighted by Crippen LogP contribution is 1.59. The highest BCUT2D eigenvalue weighted by Gasteiger charge is 1.84. The van der Waals surface area contributed by atoms with E-state index in [0.29, 0.717) is 0 Å². The maximum atomic E-state index is 8.74. The first kappa shape index (κ1) is 11.3. The summed E-state index contributed by atoms with van der Waals surface area (Å²) in [6.07, 6.45) is 0. The predicted molar refractivity (Wildman–Crippen MR) is 23.9 cm³/mol. The fourth-order valence-electron chi connectivity index (χ4n) is 0. The van der Waals surface area contributed by atoms with Crippen molar-refractivity contribution < 1.29 is 30.1 Å². The summed E-state index contributed by atoms with van der Waals surface area (Å²) >= 11 is 0. The predicted octanol–water partition coefficient (Wildman–Crippen LogP) is -1.66. The molecule has 0 aliphatic carbocycles. The second kappa shape index (κ2) is 4.38. The molecule has 0 aromatic carbocycles. The second-order valence-corrected chi connectivity index (χ2v) is 1.96. The van der Waals surface area contributed by atoms with E-state index >= 15 is 0 Å². The molecular weight excluding hydrogens is 176 g/mol. The molecule has 7 nitrogen and oxygen atoms in total. The van der Waals surface area contributed by atoms with E-state index in [0.717, 1.165) is 0 Å². The van der Waals surface area contributed by atoms with Crippen molar-refractivity contribution in [1.29, 1.82) is 0 Å². The minimum Gasteiger partial charge on any atom is -0.264 e. The van der Waals surface area contributed by atoms with E-state index in [2.05, 4.69) is 0 Å². The highest BCUT2D eigenvalue weighted by atomic mass is 32.3. The standard InChI is InChI=1S/H2O4S.O3S/c1-5(2,3)4;1-4(2)3/h(H2,1,2,3,4);. The molecule has 0 atom stereocenters. The normalized spacial score (nSPS) is 9.11. The van der Waals surface area contributed by atoms with Gasteiger partial charge in [-0.2, -0.15) is 8.42 Å². The van der Waals surface area contributed by atoms with Gasteiger partial charge < -0.3 is 0 Å². The lowest BCUT2D eigenvalue weighted by Gasteiger charge is -1.68. The van der Waals surface area contributed by atoms with Crippen LogP contribution in [0.15, 0.2) is 0 Å². The van der Waals surface area contributed by atoms with Gasteiger partial charge in [-0.1, -0.05) is 0 Å². The highest BCUT2D eigenvalue weighted by molar-refractivity contribution is 7.79. The summed E-state index contributed by atoms with van der Waals surface area (Å²) < 4.78 is 56.9. The van der Waals surface area contributed by atoms with Crippen LogP contribution in [0.2, 0.25) is 0 Å². The van der Waals surface area contributed by atoms with Crippen molar-refractivity contribution >= 4 is 21.0 Å². The molecule has 9 heavy (non-hydrogen) atoms. The zero-order valence-electron chi connectivity index (χ0n) is 3.75. The van der Waals surface area contributed by atoms with E-state index in [4.69, 9.17) is 30.1 Å². The van der Waals surface area contributed by atoms with Crippen LogP contribution in [0.4, 0.5) is 0 Å². The van der Waals surface area contributed by atoms with Crippen LogP contribution in [0.1, 0.15) is 0 Å². The van der Waals surface area contributed by atoms with Crippen molar-refractivity contribution in [2.24, 2.45) is 0 Å². The third kappa shape index (κ3) is 868. The van der Waals surface area contributed by atoms with Crippen molar-refractivity contribution in [3.8, 4) is 0 Å². The molecule has 0 amide bonds. The third-order valence-electron chi connectivity index (χ3n) is 0. The van der Waals surface area contributed by atoms with Crippen molar-refractivity contribution in [2.75, 3.05) is 0 Å². The largest absolute Gasteiger partial charge is 0.425 e. The topological polar surface area (TPSA) is 126 Å². The molecule has 0 aliphatic rings. The average molecular weight is 178 g/mol. The summed E-state index contributed by atoms with van der Waals surface area (Å²) in [7, 11) is -7.78. The van der Waals surface area contributed by atoms with Crippen LogP contribution < -0.4 is 0 Å². The summed E-state index contributed by atoms with van der Waals surface area (Å²) in [5, 5.41) is 0. The lowest BCUT2D eigenvalue weighted by molar-refractivity contribution is 0.381. The van der Waals surface area contributed by atoms with Gasteiger partial charge in [-0.25, -0.2) is 0 Å². The number of rotatable bonds is 0. The van der Waals surface area contributed by atoms with E-state index in [1.807, 2.05) is 0 Å². The Morgan fingerprint density at radius 2 is 1.00 bits per heavy atom. The van der Waals surface area contributed by atoms with Crippen LogP contribution >= 0.6 is 0 Å². The van der Waals surface area contributed by atoms with Gasteiger partial charge in [-0.15, -0.1) is 12.6 Å². The fraction of sp³-hybridized carbons (Fsp3) is 0. The molecule has 0 aromatic rings. The summed E-state index contributed by atoms with van der Waals surface area (Å²) in [4.78, 5) is 0. The molecule has 0 spiro atoms. The Hall–Kier alpha value is -0.510. The van der Waals surface area contributed by atoms with E-state index in [9.17, 15) is 0 Å². The van der Waals surface area contributed by atoms with Gasteiger partial charge in [0.25, 0.3) is 0 Å². The zero-order valence-corrected chi connectivity index (χ0v) is 5.39. The monoisotopic (exact) mass is 178 g/mol. The maximum Gasteiger partial charge on any atom is 0.425 e. The summed E-state index contributed by atoms with van der Waals surface area (Å²) in [6, 6.07) is 0. The summed E-state index contributed by atoms with van der Waals surface area (Å²) in [5.74, 6) is 0. The average Bonchev–Trinajstić information content (AvgIpc) is 1.19. The molecule has 0 fully saturated rings. The smallest absolute Gasteiger partial charge is 0.264 e. The Morgan fingerprint density at radius 3 is 1.00 bits per heavy atom. The molecule has 0 heterocycles. The van der Waals surface area contributed by atoms with Crippen molar-refractivity contribution in [3.63, 3.8) is 0 Å². The van der Waals surface area contributed by atoms with Crippen molar-refractivity contribution in [2.45, 2.75) is 0 Å². The molecule has 0 saturated carbocycles. The third-order valence-corrected chi connectivity index (χ3v) is 0. The van der Waals surface area contributed by atoms with Gasteiger partial charge in [0.15, 0.2) is 0 Å². The second-order valence-electron chi connectivity index (χ2n) is 0.652. The van der Waals surface area contributed by atoms with Gasteiger partial charge in [0.05, 0.1) is 0 Å². The van der Waals surface area contributed by atoms with Crippen molar-refractivity contribution in [3.05, 3.63) is 0 Å². The van der Waals surface area contributed by atoms with E-state index in [1.165, 1.54) is 0 Å². The van der Waals surface area contributed by atoms with Gasteiger partial charge in [-0.05, 0) is 0 Å². The van der Waals surface area contributed by atoms with Crippen LogP contribution in [0.25, 0.3) is 0 Å². The molecular formula is H2O7S2. The Bertz CT molecular complexity index is 220. The van der Waals surface area contributed by atoms with Gasteiger partial charge >= 0.3 is 21.0 Å². The molecule has 0 aromatic heterocycles. The SMILES string of the molecule is O=S(=O)(O)O.O=S(=O)=O. The van der Waals surface area contributed by atoms with Gasteiger partial charge in [0, 0.05) is 0 Å². The van der Waals surface area contributed by atoms with E-state index in [1.54, 1.807) is 0 Å². The van der Waals surface area contributed by atoms with Crippen LogP contribution in [-0.2, 0) is 21.0 Å². The lowest BCUT2D eigenvalue weighted by atomic mass is 15.8. The van der Waals surface area contributed by atoms with Crippen molar-refractivity contribution in [1.82, 2.24) is 0 Å².